The number of para-hydroxylation sites is 3. The van der Waals surface area contributed by atoms with Gasteiger partial charge in [-0.3, -0.25) is 4.79 Å². The number of benzene rings is 11. The number of carbonyl (C=O) groups excluding carboxylic acids is 2. The molecule has 0 spiro atoms. The van der Waals surface area contributed by atoms with E-state index in [9.17, 15) is 9.59 Å². The highest BCUT2D eigenvalue weighted by atomic mass is 32.1. The van der Waals surface area contributed by atoms with Crippen molar-refractivity contribution in [3.05, 3.63) is 391 Å². The summed E-state index contributed by atoms with van der Waals surface area (Å²) in [5.74, 6) is 14.1. The highest BCUT2D eigenvalue weighted by molar-refractivity contribution is 7.09. The molecular formula is C129H176O9S. The Kier molecular flexibility index (Phi) is 57.5. The van der Waals surface area contributed by atoms with E-state index in [1.807, 2.05) is 169 Å². The number of rotatable bonds is 23. The molecule has 2 aliphatic carbocycles. The van der Waals surface area contributed by atoms with Crippen LogP contribution in [0.4, 0.5) is 0 Å². The van der Waals surface area contributed by atoms with Gasteiger partial charge in [0.15, 0.2) is 17.3 Å². The lowest BCUT2D eigenvalue weighted by Gasteiger charge is -2.21. The molecule has 11 aromatic carbocycles. The molecule has 752 valence electrons. The molecule has 1 fully saturated rings. The van der Waals surface area contributed by atoms with Crippen LogP contribution in [-0.4, -0.2) is 31.8 Å². The fourth-order valence-corrected chi connectivity index (χ4v) is 16.2. The van der Waals surface area contributed by atoms with Gasteiger partial charge in [0.25, 0.3) is 0 Å². The summed E-state index contributed by atoms with van der Waals surface area (Å²) in [6.45, 7) is 50.4. The third-order valence-electron chi connectivity index (χ3n) is 24.2. The first-order chi connectivity index (χ1) is 64.5. The number of carbonyl (C=O) groups is 2. The monoisotopic (exact) mass is 1900 g/mol. The van der Waals surface area contributed by atoms with E-state index >= 15 is 0 Å². The Balaban J connectivity index is 0.000000397. The van der Waals surface area contributed by atoms with Gasteiger partial charge in [-0.15, -0.1) is 11.3 Å². The fraction of sp³-hybridized carbons (Fsp3) is 0.411. The average molecular weight is 1900 g/mol. The van der Waals surface area contributed by atoms with Crippen LogP contribution in [0.25, 0.3) is 11.3 Å². The topological polar surface area (TPSA) is 103 Å². The zero-order valence-electron chi connectivity index (χ0n) is 84.8. The lowest BCUT2D eigenvalue weighted by atomic mass is 9.85. The molecular weight excluding hydrogens is 1730 g/mol. The van der Waals surface area contributed by atoms with Crippen LogP contribution in [0.2, 0.25) is 0 Å². The van der Waals surface area contributed by atoms with Gasteiger partial charge in [0, 0.05) is 16.0 Å². The summed E-state index contributed by atoms with van der Waals surface area (Å²) in [4.78, 5) is 24.1. The number of furan rings is 1. The fourth-order valence-electron chi connectivity index (χ4n) is 15.5. The molecule has 10 heteroatoms. The van der Waals surface area contributed by atoms with Crippen LogP contribution in [0.5, 0.6) is 34.5 Å². The van der Waals surface area contributed by atoms with Crippen molar-refractivity contribution in [3.8, 4) is 45.8 Å². The maximum atomic E-state index is 11.6. The van der Waals surface area contributed by atoms with Gasteiger partial charge >= 0.3 is 5.97 Å². The molecule has 4 heterocycles. The second kappa shape index (κ2) is 65.6. The molecule has 2 atom stereocenters. The minimum Gasteiger partial charge on any atom is -0.464 e. The summed E-state index contributed by atoms with van der Waals surface area (Å²) < 4.78 is 37.9. The van der Waals surface area contributed by atoms with Crippen molar-refractivity contribution in [1.29, 1.82) is 0 Å². The van der Waals surface area contributed by atoms with Crippen LogP contribution < -0.4 is 18.9 Å². The Morgan fingerprint density at radius 1 is 0.417 bits per heavy atom. The summed E-state index contributed by atoms with van der Waals surface area (Å²) in [5.41, 5.74) is 21.0. The predicted octanol–water partition coefficient (Wildman–Crippen LogP) is 39.1. The van der Waals surface area contributed by atoms with Crippen molar-refractivity contribution in [2.45, 2.75) is 314 Å². The first-order valence-corrected chi connectivity index (χ1v) is 50.3. The third kappa shape index (κ3) is 43.1. The van der Waals surface area contributed by atoms with Gasteiger partial charge in [0.05, 0.1) is 31.6 Å². The first-order valence-electron chi connectivity index (χ1n) is 49.4. The normalized spacial score (nSPS) is 12.9. The molecule has 2 aromatic heterocycles. The zero-order valence-corrected chi connectivity index (χ0v) is 85.6. The SMILES string of the molecule is C.C.C.C.C.CC(=O)c1cccc(C(C)C)c1.CC(C)CCc1cccs1.CC(C)[C@@H]1C[C@H]1c1ccccc1.CC(C)c1ccc(-c2ccco2)cc1.CC(C)c1ccc(Oc2ccccc2)cc1.CC(C)c1ccc2c(c1)CCOC2.CC(C)c1ccc2c(c1)OCO2.CC(C)c1cccc2c1CCCC2.CC(C)c1ccccc1Oc1ccccc1.CCCCOC(=O)c1ccc(C(C)C)cc1. The maximum Gasteiger partial charge on any atom is 0.338 e. The highest BCUT2D eigenvalue weighted by Gasteiger charge is 2.40. The van der Waals surface area contributed by atoms with Gasteiger partial charge in [-0.25, -0.2) is 4.79 Å². The van der Waals surface area contributed by atoms with E-state index in [2.05, 4.69) is 284 Å². The number of ketones is 1. The van der Waals surface area contributed by atoms with Crippen molar-refractivity contribution >= 4 is 23.1 Å². The lowest BCUT2D eigenvalue weighted by molar-refractivity contribution is 0.0499. The number of aryl methyl sites for hydroxylation is 2. The minimum absolute atomic E-state index is 0. The average Bonchev–Trinajstić information content (AvgIpc) is 1.64. The van der Waals surface area contributed by atoms with Gasteiger partial charge in [0.1, 0.15) is 28.8 Å². The van der Waals surface area contributed by atoms with Gasteiger partial charge in [0.2, 0.25) is 6.79 Å². The second-order valence-corrected chi connectivity index (χ2v) is 39.4. The summed E-state index contributed by atoms with van der Waals surface area (Å²) in [6, 6.07) is 99.0. The predicted molar refractivity (Wildman–Crippen MR) is 600 cm³/mol. The van der Waals surface area contributed by atoms with E-state index in [1.165, 1.54) is 105 Å². The van der Waals surface area contributed by atoms with E-state index in [-0.39, 0.29) is 48.9 Å². The quantitative estimate of drug-likeness (QED) is 0.0352. The van der Waals surface area contributed by atoms with Crippen LogP contribution in [0.15, 0.2) is 307 Å². The van der Waals surface area contributed by atoms with Gasteiger partial charge in [-0.05, 0) is 304 Å². The summed E-state index contributed by atoms with van der Waals surface area (Å²) in [5, 5.41) is 2.15. The molecule has 0 radical (unpaired) electrons. The molecule has 0 bridgehead atoms. The van der Waals surface area contributed by atoms with Gasteiger partial charge in [-0.2, -0.15) is 0 Å². The highest BCUT2D eigenvalue weighted by Crippen LogP contribution is 2.51. The summed E-state index contributed by atoms with van der Waals surface area (Å²) >= 11 is 1.86. The number of ether oxygens (including phenoxy) is 6. The molecule has 4 aliphatic rings. The number of esters is 1. The van der Waals surface area contributed by atoms with E-state index in [0.29, 0.717) is 66.3 Å². The Hall–Kier alpha value is -11.3. The molecule has 17 rings (SSSR count). The van der Waals surface area contributed by atoms with E-state index in [4.69, 9.17) is 32.8 Å². The third-order valence-corrected chi connectivity index (χ3v) is 25.1. The lowest BCUT2D eigenvalue weighted by Crippen LogP contribution is -2.10. The second-order valence-electron chi connectivity index (χ2n) is 38.4. The number of unbranched alkanes of at least 4 members (excludes halogenated alkanes) is 1. The van der Waals surface area contributed by atoms with E-state index in [0.717, 1.165) is 108 Å². The number of hydrogen-bond acceptors (Lipinski definition) is 10. The van der Waals surface area contributed by atoms with Gasteiger partial charge in [-0.1, -0.05) is 389 Å². The zero-order chi connectivity index (χ0) is 96.9. The van der Waals surface area contributed by atoms with Crippen LogP contribution >= 0.6 is 11.3 Å². The minimum atomic E-state index is -0.219. The Morgan fingerprint density at radius 2 is 0.928 bits per heavy atom. The largest absolute Gasteiger partial charge is 0.464 e. The van der Waals surface area contributed by atoms with Crippen molar-refractivity contribution in [1.82, 2.24) is 0 Å². The molecule has 139 heavy (non-hydrogen) atoms. The van der Waals surface area contributed by atoms with Crippen molar-refractivity contribution in [2.24, 2.45) is 17.8 Å². The van der Waals surface area contributed by atoms with Crippen molar-refractivity contribution in [3.63, 3.8) is 0 Å². The van der Waals surface area contributed by atoms with Crippen LogP contribution in [0.1, 0.15) is 379 Å². The number of fused-ring (bicyclic) bond motifs is 3. The van der Waals surface area contributed by atoms with Gasteiger partial charge < -0.3 is 32.8 Å². The van der Waals surface area contributed by atoms with Crippen LogP contribution in [0.3, 0.4) is 0 Å². The van der Waals surface area contributed by atoms with Crippen LogP contribution in [0, 0.1) is 17.8 Å². The molecule has 0 N–H and O–H groups in total. The van der Waals surface area contributed by atoms with Crippen LogP contribution in [-0.2, 0) is 41.8 Å². The standard InChI is InChI=1S/2C15H16O.C14H20O2.C13H14O.C13H18.C12H16O.C12H16.C11H14O.C10H12O2.C9H14S.5CH4/c1-12(2)14-10-6-7-11-15(14)16-13-8-4-3-5-9-13;1-12(2)13-8-10-15(11-9-13)16-14-6-4-3-5-7-14;1-4-5-10-16-14(15)13-8-6-12(7-9-13)11(2)3;1-10(2)11-5-7-12(8-6-11)13-4-3-9-14-13;1-10(2)12-9-5-7-11-6-3-4-8-13(11)12;1-9(2)10-3-4-12-8-13-6-5-11(12)7-10;1-9(2)11-8-12(11)10-6-4-3-5-7-10;1-8(2)10-5-4-6-11(7-10)9(3)12;1-7(2)8-3-4-9-10(5-8)12-6-11-9;1-8(2)5-6-9-4-3-7-10-9;;;;;/h2*3-12H,1-2H3;6-9,11H,4-5,10H2,1-3H3;3-10H,1-2H3;5,7,9-10H,3-4,6,8H2,1-2H3;3-4,7,9H,5-6,8H2,1-2H3;3-7,9,11-12H,8H2,1-2H3;4-8H,1-3H3;3-5,7H,6H2,1-2H3;3-4,7-8H,5-6H2,1-2H3;5*1H4/t;;;;;;11-,12-;;;;;;;;/m......0......../s1. The number of Topliss-reactive ketones (excluding diaryl/α,β-unsaturated/α-hetero) is 1. The molecule has 0 unspecified atom stereocenters. The Bertz CT molecular complexity index is 5410. The van der Waals surface area contributed by atoms with Crippen molar-refractivity contribution < 1.29 is 42.4 Å². The van der Waals surface area contributed by atoms with Crippen molar-refractivity contribution in [2.75, 3.05) is 20.0 Å². The summed E-state index contributed by atoms with van der Waals surface area (Å²) in [7, 11) is 0. The molecule has 0 amide bonds. The number of hydrogen-bond donors (Lipinski definition) is 0. The smallest absolute Gasteiger partial charge is 0.338 e. The molecule has 9 nitrogen and oxygen atoms in total. The van der Waals surface area contributed by atoms with E-state index < -0.39 is 0 Å². The first kappa shape index (κ1) is 122. The number of thiophene rings is 1. The van der Waals surface area contributed by atoms with E-state index in [1.54, 1.807) is 29.9 Å². The molecule has 0 saturated heterocycles. The summed E-state index contributed by atoms with van der Waals surface area (Å²) in [6.07, 6.45) is 14.1. The molecule has 13 aromatic rings. The molecule has 1 saturated carbocycles. The Labute approximate surface area is 848 Å². The Morgan fingerprint density at radius 3 is 1.47 bits per heavy atom. The maximum absolute atomic E-state index is 11.6. The molecule has 2 aliphatic heterocycles.